The summed E-state index contributed by atoms with van der Waals surface area (Å²) in [4.78, 5) is 22.1. The zero-order valence-corrected chi connectivity index (χ0v) is 10.7. The van der Waals surface area contributed by atoms with Crippen molar-refractivity contribution in [1.82, 2.24) is 5.32 Å². The van der Waals surface area contributed by atoms with Crippen LogP contribution in [0.2, 0.25) is 0 Å². The molecule has 2 rings (SSSR count). The van der Waals surface area contributed by atoms with Crippen LogP contribution >= 0.6 is 0 Å². The predicted octanol–water partition coefficient (Wildman–Crippen LogP) is 0.512. The molecule has 0 unspecified atom stereocenters. The molecule has 0 spiro atoms. The van der Waals surface area contributed by atoms with Gasteiger partial charge in [-0.1, -0.05) is 12.1 Å². The minimum atomic E-state index is -3.10. The Balaban J connectivity index is 2.15. The highest BCUT2D eigenvalue weighted by Crippen LogP contribution is 2.18. The lowest BCUT2D eigenvalue weighted by Gasteiger charge is -2.10. The lowest BCUT2D eigenvalue weighted by atomic mass is 10.1. The van der Waals surface area contributed by atoms with Crippen LogP contribution in [0.4, 0.5) is 5.69 Å². The summed E-state index contributed by atoms with van der Waals surface area (Å²) in [6.07, 6.45) is 0.342. The monoisotopic (exact) mass is 284 g/mol. The summed E-state index contributed by atoms with van der Waals surface area (Å²) in [5.74, 6) is -0.691. The van der Waals surface area contributed by atoms with Gasteiger partial charge >= 0.3 is 0 Å². The van der Waals surface area contributed by atoms with E-state index in [1.54, 1.807) is 0 Å². The summed E-state index contributed by atoms with van der Waals surface area (Å²) in [5, 5.41) is 13.3. The maximum absolute atomic E-state index is 11.9. The van der Waals surface area contributed by atoms with E-state index in [1.807, 2.05) is 0 Å². The molecule has 1 amide bonds. The number of hydrogen-bond donors (Lipinski definition) is 1. The first kappa shape index (κ1) is 13.5. The van der Waals surface area contributed by atoms with E-state index in [9.17, 15) is 23.3 Å². The topological polar surface area (TPSA) is 106 Å². The van der Waals surface area contributed by atoms with Gasteiger partial charge in [-0.15, -0.1) is 0 Å². The molecule has 1 atom stereocenters. The van der Waals surface area contributed by atoms with Gasteiger partial charge in [0.05, 0.1) is 16.4 Å². The van der Waals surface area contributed by atoms with Gasteiger partial charge in [-0.25, -0.2) is 8.42 Å². The van der Waals surface area contributed by atoms with Crippen molar-refractivity contribution in [3.63, 3.8) is 0 Å². The van der Waals surface area contributed by atoms with E-state index in [0.717, 1.165) is 0 Å². The van der Waals surface area contributed by atoms with Crippen LogP contribution in [0.3, 0.4) is 0 Å². The largest absolute Gasteiger partial charge is 0.348 e. The first-order valence-electron chi connectivity index (χ1n) is 5.64. The number of carbonyl (C=O) groups excluding carboxylic acids is 1. The van der Waals surface area contributed by atoms with Crippen LogP contribution in [0.15, 0.2) is 24.3 Å². The van der Waals surface area contributed by atoms with Gasteiger partial charge in [0.15, 0.2) is 9.84 Å². The third-order valence-corrected chi connectivity index (χ3v) is 4.68. The van der Waals surface area contributed by atoms with Crippen molar-refractivity contribution in [3.05, 3.63) is 39.9 Å². The number of para-hydroxylation sites is 1. The van der Waals surface area contributed by atoms with Gasteiger partial charge in [0.25, 0.3) is 11.6 Å². The molecule has 0 aliphatic carbocycles. The first-order valence-corrected chi connectivity index (χ1v) is 7.46. The maximum atomic E-state index is 11.9. The zero-order chi connectivity index (χ0) is 14.0. The Labute approximate surface area is 109 Å². The maximum Gasteiger partial charge on any atom is 0.282 e. The van der Waals surface area contributed by atoms with Gasteiger partial charge in [-0.05, 0) is 12.5 Å². The molecule has 1 heterocycles. The summed E-state index contributed by atoms with van der Waals surface area (Å²) >= 11 is 0. The number of sulfone groups is 1. The Hall–Kier alpha value is -1.96. The minimum absolute atomic E-state index is 0.0365. The van der Waals surface area contributed by atoms with Gasteiger partial charge in [0, 0.05) is 12.1 Å². The summed E-state index contributed by atoms with van der Waals surface area (Å²) < 4.78 is 22.5. The van der Waals surface area contributed by atoms with Crippen LogP contribution < -0.4 is 5.32 Å². The second-order valence-electron chi connectivity index (χ2n) is 4.35. The Morgan fingerprint density at radius 2 is 2.05 bits per heavy atom. The van der Waals surface area contributed by atoms with Crippen molar-refractivity contribution < 1.29 is 18.1 Å². The Bertz CT molecular complexity index is 626. The number of rotatable bonds is 3. The second-order valence-corrected chi connectivity index (χ2v) is 6.58. The zero-order valence-electron chi connectivity index (χ0n) is 9.90. The minimum Gasteiger partial charge on any atom is -0.348 e. The molecule has 0 saturated carbocycles. The highest BCUT2D eigenvalue weighted by molar-refractivity contribution is 7.91. The second kappa shape index (κ2) is 4.96. The van der Waals surface area contributed by atoms with Crippen LogP contribution in [0.5, 0.6) is 0 Å². The van der Waals surface area contributed by atoms with E-state index < -0.39 is 26.7 Å². The molecule has 1 fully saturated rings. The number of nitro groups is 1. The normalized spacial score (nSPS) is 20.9. The molecule has 1 aromatic carbocycles. The molecule has 1 aliphatic rings. The lowest BCUT2D eigenvalue weighted by molar-refractivity contribution is -0.385. The molecule has 1 N–H and O–H groups in total. The Morgan fingerprint density at radius 1 is 1.37 bits per heavy atom. The number of nitro benzene ring substituents is 1. The summed E-state index contributed by atoms with van der Waals surface area (Å²) in [6, 6.07) is 5.09. The van der Waals surface area contributed by atoms with Crippen molar-refractivity contribution in [1.29, 1.82) is 0 Å². The number of nitrogens with one attached hydrogen (secondary N) is 1. The molecular formula is C11H12N2O5S. The molecular weight excluding hydrogens is 272 g/mol. The van der Waals surface area contributed by atoms with Crippen molar-refractivity contribution >= 4 is 21.4 Å². The van der Waals surface area contributed by atoms with E-state index in [0.29, 0.717) is 6.42 Å². The molecule has 1 aliphatic heterocycles. The smallest absolute Gasteiger partial charge is 0.282 e. The van der Waals surface area contributed by atoms with Gasteiger partial charge in [0.1, 0.15) is 5.56 Å². The number of carbonyl (C=O) groups is 1. The molecule has 1 saturated heterocycles. The fourth-order valence-corrected chi connectivity index (χ4v) is 3.67. The van der Waals surface area contributed by atoms with Crippen LogP contribution in [0.25, 0.3) is 0 Å². The molecule has 19 heavy (non-hydrogen) atoms. The third kappa shape index (κ3) is 3.08. The fourth-order valence-electron chi connectivity index (χ4n) is 2.00. The predicted molar refractivity (Wildman–Crippen MR) is 67.6 cm³/mol. The van der Waals surface area contributed by atoms with Gasteiger partial charge in [0.2, 0.25) is 0 Å². The summed E-state index contributed by atoms with van der Waals surface area (Å²) in [6.45, 7) is 0. The molecule has 8 heteroatoms. The molecule has 102 valence electrons. The van der Waals surface area contributed by atoms with E-state index in [2.05, 4.69) is 5.32 Å². The van der Waals surface area contributed by atoms with Crippen molar-refractivity contribution in [2.45, 2.75) is 12.5 Å². The average Bonchev–Trinajstić information content (AvgIpc) is 2.68. The first-order chi connectivity index (χ1) is 8.89. The van der Waals surface area contributed by atoms with Crippen LogP contribution in [-0.2, 0) is 9.84 Å². The fraction of sp³-hybridized carbons (Fsp3) is 0.364. The third-order valence-electron chi connectivity index (χ3n) is 2.91. The van der Waals surface area contributed by atoms with E-state index in [4.69, 9.17) is 0 Å². The van der Waals surface area contributed by atoms with Crippen LogP contribution in [0.1, 0.15) is 16.8 Å². The number of hydrogen-bond acceptors (Lipinski definition) is 5. The van der Waals surface area contributed by atoms with E-state index >= 15 is 0 Å². The molecule has 1 aromatic rings. The standard InChI is InChI=1S/C11H12N2O5S/c14-11(12-8-5-6-19(17,18)7-8)9-3-1-2-4-10(9)13(15)16/h1-4,8H,5-7H2,(H,12,14)/t8-/m1/s1. The number of amides is 1. The van der Waals surface area contributed by atoms with Crippen LogP contribution in [0, 0.1) is 10.1 Å². The van der Waals surface area contributed by atoms with Crippen LogP contribution in [-0.4, -0.2) is 36.8 Å². The molecule has 0 bridgehead atoms. The van der Waals surface area contributed by atoms with Gasteiger partial charge in [-0.2, -0.15) is 0 Å². The molecule has 7 nitrogen and oxygen atoms in total. The highest BCUT2D eigenvalue weighted by Gasteiger charge is 2.30. The number of nitrogens with zero attached hydrogens (tertiary/aromatic N) is 1. The Morgan fingerprint density at radius 3 is 2.63 bits per heavy atom. The quantitative estimate of drug-likeness (QED) is 0.643. The SMILES string of the molecule is O=C(N[C@@H]1CCS(=O)(=O)C1)c1ccccc1[N+](=O)[O-]. The van der Waals surface area contributed by atoms with E-state index in [1.165, 1.54) is 24.3 Å². The van der Waals surface area contributed by atoms with Gasteiger partial charge in [-0.3, -0.25) is 14.9 Å². The van der Waals surface area contributed by atoms with Crippen molar-refractivity contribution in [3.8, 4) is 0 Å². The van der Waals surface area contributed by atoms with E-state index in [-0.39, 0.29) is 22.8 Å². The van der Waals surface area contributed by atoms with Crippen molar-refractivity contribution in [2.24, 2.45) is 0 Å². The summed E-state index contributed by atoms with van der Waals surface area (Å²) in [5.41, 5.74) is -0.349. The summed E-state index contributed by atoms with van der Waals surface area (Å²) in [7, 11) is -3.10. The average molecular weight is 284 g/mol. The lowest BCUT2D eigenvalue weighted by Crippen LogP contribution is -2.35. The van der Waals surface area contributed by atoms with Crippen molar-refractivity contribution in [2.75, 3.05) is 11.5 Å². The Kier molecular flexibility index (Phi) is 3.52. The molecule has 0 aromatic heterocycles. The number of benzene rings is 1. The molecule has 0 radical (unpaired) electrons. The van der Waals surface area contributed by atoms with Gasteiger partial charge < -0.3 is 5.32 Å². The highest BCUT2D eigenvalue weighted by atomic mass is 32.2.